The van der Waals surface area contributed by atoms with Gasteiger partial charge in [-0.05, 0) is 50.4 Å². The normalized spacial score (nSPS) is 12.7. The highest BCUT2D eigenvalue weighted by molar-refractivity contribution is 9.40. The van der Waals surface area contributed by atoms with Gasteiger partial charge in [0.1, 0.15) is 0 Å². The van der Waals surface area contributed by atoms with Crippen LogP contribution in [0.15, 0.2) is 48.5 Å². The van der Waals surface area contributed by atoms with Gasteiger partial charge >= 0.3 is 12.4 Å². The third-order valence-electron chi connectivity index (χ3n) is 2.84. The Kier molecular flexibility index (Phi) is 4.87. The molecule has 0 radical (unpaired) electrons. The number of halogens is 7. The second-order valence-corrected chi connectivity index (χ2v) is 8.09. The van der Waals surface area contributed by atoms with Gasteiger partial charge in [0.15, 0.2) is 0 Å². The molecule has 0 heterocycles. The third-order valence-corrected chi connectivity index (χ3v) is 6.80. The van der Waals surface area contributed by atoms with Gasteiger partial charge in [0.05, 0.1) is 11.1 Å². The van der Waals surface area contributed by atoms with E-state index < -0.39 is 30.1 Å². The van der Waals surface area contributed by atoms with Crippen LogP contribution in [0, 0.1) is 0 Å². The predicted octanol–water partition coefficient (Wildman–Crippen LogP) is 5.47. The molecule has 0 aliphatic heterocycles. The van der Waals surface area contributed by atoms with Crippen molar-refractivity contribution in [3.63, 3.8) is 0 Å². The maximum Gasteiger partial charge on any atom is 0.416 e. The minimum atomic E-state index is -4.41. The molecule has 2 aromatic carbocycles. The van der Waals surface area contributed by atoms with E-state index in [1.54, 1.807) is 0 Å². The molecule has 118 valence electrons. The van der Waals surface area contributed by atoms with Gasteiger partial charge in [-0.3, -0.25) is 0 Å². The van der Waals surface area contributed by atoms with E-state index in [4.69, 9.17) is 0 Å². The first-order valence-electron chi connectivity index (χ1n) is 5.89. The van der Waals surface area contributed by atoms with E-state index in [2.05, 4.69) is 15.5 Å². The fraction of sp³-hybridized carbons (Fsp3) is 0.143. The minimum absolute atomic E-state index is 0.586. The molecule has 0 aromatic heterocycles. The third kappa shape index (κ3) is 4.02. The average Bonchev–Trinajstić information content (AvgIpc) is 2.45. The second kappa shape index (κ2) is 6.20. The van der Waals surface area contributed by atoms with Gasteiger partial charge in [-0.2, -0.15) is 26.3 Å². The lowest BCUT2D eigenvalue weighted by atomic mass is 10.2. The molecule has 0 fully saturated rings. The summed E-state index contributed by atoms with van der Waals surface area (Å²) < 4.78 is 74.9. The highest BCUT2D eigenvalue weighted by atomic mass is 79.9. The molecular formula is C14H8BrF6P. The summed E-state index contributed by atoms with van der Waals surface area (Å²) in [7, 11) is 0. The molecule has 0 amide bonds. The Morgan fingerprint density at radius 3 is 1.09 bits per heavy atom. The molecule has 0 spiro atoms. The second-order valence-electron chi connectivity index (χ2n) is 4.37. The molecule has 2 aromatic rings. The van der Waals surface area contributed by atoms with E-state index in [0.29, 0.717) is 10.6 Å². The van der Waals surface area contributed by atoms with E-state index in [-0.39, 0.29) is 0 Å². The summed E-state index contributed by atoms with van der Waals surface area (Å²) in [5.74, 6) is 0. The van der Waals surface area contributed by atoms with Crippen LogP contribution in [0.25, 0.3) is 0 Å². The molecule has 0 saturated carbocycles. The molecule has 0 aliphatic rings. The van der Waals surface area contributed by atoms with Crippen molar-refractivity contribution in [3.05, 3.63) is 59.7 Å². The molecule has 0 bridgehead atoms. The molecule has 8 heteroatoms. The van der Waals surface area contributed by atoms with Crippen LogP contribution in [0.5, 0.6) is 0 Å². The van der Waals surface area contributed by atoms with Crippen LogP contribution in [-0.4, -0.2) is 0 Å². The van der Waals surface area contributed by atoms with Crippen LogP contribution in [0.2, 0.25) is 0 Å². The number of alkyl halides is 6. The van der Waals surface area contributed by atoms with Gasteiger partial charge in [-0.15, -0.1) is 0 Å². The van der Waals surface area contributed by atoms with E-state index in [9.17, 15) is 26.3 Å². The van der Waals surface area contributed by atoms with Gasteiger partial charge in [-0.25, -0.2) is 0 Å². The Hall–Kier alpha value is -1.07. The number of rotatable bonds is 2. The first-order valence-corrected chi connectivity index (χ1v) is 9.25. The van der Waals surface area contributed by atoms with Crippen LogP contribution in [0.1, 0.15) is 11.1 Å². The van der Waals surface area contributed by atoms with Crippen LogP contribution in [0.4, 0.5) is 26.3 Å². The first-order chi connectivity index (χ1) is 10.1. The lowest BCUT2D eigenvalue weighted by Gasteiger charge is -2.14. The van der Waals surface area contributed by atoms with E-state index in [1.807, 2.05) is 0 Å². The molecule has 0 nitrogen and oxygen atoms in total. The summed E-state index contributed by atoms with van der Waals surface area (Å²) in [4.78, 5) is 0. The van der Waals surface area contributed by atoms with Gasteiger partial charge in [0, 0.05) is 6.62 Å². The lowest BCUT2D eigenvalue weighted by Crippen LogP contribution is -2.12. The Morgan fingerprint density at radius 2 is 0.864 bits per heavy atom. The van der Waals surface area contributed by atoms with E-state index in [1.165, 1.54) is 24.3 Å². The van der Waals surface area contributed by atoms with Crippen LogP contribution in [-0.2, 0) is 12.4 Å². The van der Waals surface area contributed by atoms with Crippen molar-refractivity contribution in [2.45, 2.75) is 12.4 Å². The smallest absolute Gasteiger partial charge is 0.166 e. The van der Waals surface area contributed by atoms with Crippen molar-refractivity contribution in [1.29, 1.82) is 0 Å². The molecule has 22 heavy (non-hydrogen) atoms. The van der Waals surface area contributed by atoms with Crippen molar-refractivity contribution in [1.82, 2.24) is 0 Å². The number of benzene rings is 2. The maximum atomic E-state index is 12.5. The van der Waals surface area contributed by atoms with Gasteiger partial charge in [0.25, 0.3) is 0 Å². The summed E-state index contributed by atoms with van der Waals surface area (Å²) in [6.07, 6.45) is -8.83. The SMILES string of the molecule is FC(F)(F)c1ccc(P(Br)c2ccc(C(F)(F)F)cc2)cc1. The Morgan fingerprint density at radius 1 is 0.591 bits per heavy atom. The summed E-state index contributed by atoms with van der Waals surface area (Å²) in [5, 5.41) is 1.17. The van der Waals surface area contributed by atoms with Gasteiger partial charge in [-0.1, -0.05) is 24.3 Å². The molecular weight excluding hydrogens is 393 g/mol. The summed E-state index contributed by atoms with van der Waals surface area (Å²) >= 11 is 3.35. The van der Waals surface area contributed by atoms with Gasteiger partial charge < -0.3 is 0 Å². The molecule has 0 atom stereocenters. The highest BCUT2D eigenvalue weighted by Gasteiger charge is 2.31. The Labute approximate surface area is 131 Å². The number of hydrogen-bond acceptors (Lipinski definition) is 0. The van der Waals surface area contributed by atoms with Crippen LogP contribution >= 0.6 is 22.1 Å². The highest BCUT2D eigenvalue weighted by Crippen LogP contribution is 2.43. The van der Waals surface area contributed by atoms with Crippen molar-refractivity contribution in [2.24, 2.45) is 0 Å². The van der Waals surface area contributed by atoms with Crippen molar-refractivity contribution in [2.75, 3.05) is 0 Å². The summed E-state index contributed by atoms with van der Waals surface area (Å²) in [6.45, 7) is -1.19. The first kappa shape index (κ1) is 17.3. The Balaban J connectivity index is 2.23. The monoisotopic (exact) mass is 400 g/mol. The van der Waals surface area contributed by atoms with Crippen molar-refractivity contribution < 1.29 is 26.3 Å². The molecule has 0 aliphatic carbocycles. The zero-order valence-electron chi connectivity index (χ0n) is 10.7. The van der Waals surface area contributed by atoms with Gasteiger partial charge in [0.2, 0.25) is 0 Å². The van der Waals surface area contributed by atoms with E-state index >= 15 is 0 Å². The topological polar surface area (TPSA) is 0 Å². The van der Waals surface area contributed by atoms with E-state index in [0.717, 1.165) is 24.3 Å². The average molecular weight is 401 g/mol. The van der Waals surface area contributed by atoms with Crippen molar-refractivity contribution >= 4 is 32.7 Å². The largest absolute Gasteiger partial charge is 0.416 e. The molecule has 0 unspecified atom stereocenters. The summed E-state index contributed by atoms with van der Waals surface area (Å²) in [6, 6.07) is 9.10. The predicted molar refractivity (Wildman–Crippen MR) is 78.0 cm³/mol. The van der Waals surface area contributed by atoms with Crippen LogP contribution in [0.3, 0.4) is 0 Å². The minimum Gasteiger partial charge on any atom is -0.166 e. The zero-order chi connectivity index (χ0) is 16.5. The molecule has 0 N–H and O–H groups in total. The van der Waals surface area contributed by atoms with Crippen molar-refractivity contribution in [3.8, 4) is 0 Å². The Bertz CT molecular complexity index is 573. The summed E-state index contributed by atoms with van der Waals surface area (Å²) in [5.41, 5.74) is -1.53. The number of hydrogen-bond donors (Lipinski definition) is 0. The molecule has 2 rings (SSSR count). The fourth-order valence-corrected chi connectivity index (χ4v) is 4.25. The lowest BCUT2D eigenvalue weighted by molar-refractivity contribution is -0.138. The fourth-order valence-electron chi connectivity index (χ4n) is 1.71. The van der Waals surface area contributed by atoms with Crippen LogP contribution < -0.4 is 10.6 Å². The standard InChI is InChI=1S/C14H8BrF6P/c15-22(11-5-1-9(2-6-11)13(16,17)18)12-7-3-10(4-8-12)14(19,20)21/h1-8H. The molecule has 0 saturated heterocycles. The maximum absolute atomic E-state index is 12.5. The zero-order valence-corrected chi connectivity index (χ0v) is 13.2. The quantitative estimate of drug-likeness (QED) is 0.463.